The zero-order chi connectivity index (χ0) is 13.0. The van der Waals surface area contributed by atoms with Gasteiger partial charge >= 0.3 is 0 Å². The molecule has 2 saturated heterocycles. The lowest BCUT2D eigenvalue weighted by Crippen LogP contribution is -2.58. The number of carbonyl (C=O) groups is 1. The summed E-state index contributed by atoms with van der Waals surface area (Å²) >= 11 is 0. The highest BCUT2D eigenvalue weighted by Gasteiger charge is 2.38. The Labute approximate surface area is 109 Å². The first-order valence-electron chi connectivity index (χ1n) is 6.86. The minimum Gasteiger partial charge on any atom is -0.381 e. The van der Waals surface area contributed by atoms with Gasteiger partial charge in [0.1, 0.15) is 0 Å². The number of hydrogen-bond acceptors (Lipinski definition) is 4. The van der Waals surface area contributed by atoms with Crippen LogP contribution in [-0.4, -0.2) is 55.9 Å². The minimum atomic E-state index is -0.734. The van der Waals surface area contributed by atoms with Crippen molar-refractivity contribution in [3.63, 3.8) is 0 Å². The molecule has 2 rings (SSSR count). The first kappa shape index (κ1) is 13.8. The largest absolute Gasteiger partial charge is 0.381 e. The Bertz CT molecular complexity index is 284. The third kappa shape index (κ3) is 3.22. The Balaban J connectivity index is 1.86. The first-order chi connectivity index (χ1) is 8.62. The third-order valence-electron chi connectivity index (χ3n) is 3.91. The maximum atomic E-state index is 12.4. The number of carbonyl (C=O) groups excluding carboxylic acids is 1. The molecule has 2 fully saturated rings. The summed E-state index contributed by atoms with van der Waals surface area (Å²) in [6, 6.07) is 0. The van der Waals surface area contributed by atoms with Crippen molar-refractivity contribution in [1.82, 2.24) is 4.90 Å². The molecule has 5 nitrogen and oxygen atoms in total. The molecule has 0 aliphatic carbocycles. The van der Waals surface area contributed by atoms with Crippen LogP contribution < -0.4 is 5.73 Å². The molecule has 0 aromatic heterocycles. The Morgan fingerprint density at radius 2 is 2.06 bits per heavy atom. The van der Waals surface area contributed by atoms with Gasteiger partial charge in [-0.1, -0.05) is 0 Å². The van der Waals surface area contributed by atoms with Crippen LogP contribution >= 0.6 is 0 Å². The van der Waals surface area contributed by atoms with E-state index in [1.165, 1.54) is 6.42 Å². The molecule has 2 N–H and O–H groups in total. The number of nitrogens with zero attached hydrogens (tertiary/aromatic N) is 1. The number of hydrogen-bond donors (Lipinski definition) is 1. The molecular formula is C13H24N2O3. The van der Waals surface area contributed by atoms with Crippen molar-refractivity contribution in [3.8, 4) is 0 Å². The van der Waals surface area contributed by atoms with Crippen LogP contribution in [0.2, 0.25) is 0 Å². The fourth-order valence-electron chi connectivity index (χ4n) is 2.67. The van der Waals surface area contributed by atoms with Gasteiger partial charge in [0.05, 0.1) is 11.6 Å². The lowest BCUT2D eigenvalue weighted by molar-refractivity contribution is -0.141. The van der Waals surface area contributed by atoms with Gasteiger partial charge in [0.25, 0.3) is 0 Å². The molecule has 5 heteroatoms. The van der Waals surface area contributed by atoms with E-state index < -0.39 is 5.54 Å². The summed E-state index contributed by atoms with van der Waals surface area (Å²) < 4.78 is 10.9. The molecule has 2 aliphatic heterocycles. The Morgan fingerprint density at radius 1 is 1.33 bits per heavy atom. The molecule has 0 bridgehead atoms. The molecule has 2 heterocycles. The van der Waals surface area contributed by atoms with E-state index in [1.807, 2.05) is 7.05 Å². The predicted molar refractivity (Wildman–Crippen MR) is 68.2 cm³/mol. The quantitative estimate of drug-likeness (QED) is 0.799. The molecule has 18 heavy (non-hydrogen) atoms. The van der Waals surface area contributed by atoms with Gasteiger partial charge < -0.3 is 20.1 Å². The summed E-state index contributed by atoms with van der Waals surface area (Å²) in [5.74, 6) is 0.0278. The second-order valence-electron chi connectivity index (χ2n) is 5.44. The molecule has 1 amide bonds. The second-order valence-corrected chi connectivity index (χ2v) is 5.44. The molecule has 0 saturated carbocycles. The molecule has 0 aromatic carbocycles. The van der Waals surface area contributed by atoms with Crippen molar-refractivity contribution in [1.29, 1.82) is 0 Å². The summed E-state index contributed by atoms with van der Waals surface area (Å²) in [7, 11) is 1.82. The highest BCUT2D eigenvalue weighted by Crippen LogP contribution is 2.21. The van der Waals surface area contributed by atoms with Gasteiger partial charge in [-0.3, -0.25) is 4.79 Å². The second kappa shape index (κ2) is 5.99. The zero-order valence-corrected chi connectivity index (χ0v) is 11.2. The number of amides is 1. The maximum Gasteiger partial charge on any atom is 0.242 e. The van der Waals surface area contributed by atoms with Gasteiger partial charge in [-0.2, -0.15) is 0 Å². The molecule has 0 spiro atoms. The summed E-state index contributed by atoms with van der Waals surface area (Å²) in [6.45, 7) is 2.62. The van der Waals surface area contributed by atoms with E-state index in [1.54, 1.807) is 4.90 Å². The van der Waals surface area contributed by atoms with E-state index in [9.17, 15) is 4.79 Å². The van der Waals surface area contributed by atoms with Crippen LogP contribution in [0.1, 0.15) is 32.1 Å². The lowest BCUT2D eigenvalue weighted by Gasteiger charge is -2.36. The van der Waals surface area contributed by atoms with Gasteiger partial charge in [0.15, 0.2) is 0 Å². The number of nitrogens with two attached hydrogens (primary N) is 1. The average molecular weight is 256 g/mol. The van der Waals surface area contributed by atoms with Crippen molar-refractivity contribution < 1.29 is 14.3 Å². The van der Waals surface area contributed by atoms with Crippen molar-refractivity contribution in [2.75, 3.05) is 33.4 Å². The fourth-order valence-corrected chi connectivity index (χ4v) is 2.67. The highest BCUT2D eigenvalue weighted by molar-refractivity contribution is 5.86. The number of likely N-dealkylation sites (N-methyl/N-ethyl adjacent to an activating group) is 1. The number of ether oxygens (including phenoxy) is 2. The van der Waals surface area contributed by atoms with Gasteiger partial charge in [0.2, 0.25) is 5.91 Å². The van der Waals surface area contributed by atoms with Crippen molar-refractivity contribution in [2.45, 2.75) is 43.7 Å². The monoisotopic (exact) mass is 256 g/mol. The van der Waals surface area contributed by atoms with Gasteiger partial charge in [-0.05, 0) is 32.1 Å². The Kier molecular flexibility index (Phi) is 4.59. The molecule has 0 aromatic rings. The molecule has 104 valence electrons. The smallest absolute Gasteiger partial charge is 0.242 e. The standard InChI is InChI=1S/C13H24N2O3/c1-15(10-11-4-2-3-7-18-11)12(16)13(14)5-8-17-9-6-13/h11H,2-10,14H2,1H3. The number of rotatable bonds is 3. The third-order valence-corrected chi connectivity index (χ3v) is 3.91. The van der Waals surface area contributed by atoms with E-state index in [-0.39, 0.29) is 12.0 Å². The van der Waals surface area contributed by atoms with Crippen LogP contribution in [0.25, 0.3) is 0 Å². The van der Waals surface area contributed by atoms with E-state index >= 15 is 0 Å². The summed E-state index contributed by atoms with van der Waals surface area (Å²) in [5.41, 5.74) is 5.46. The minimum absolute atomic E-state index is 0.0278. The molecular weight excluding hydrogens is 232 g/mol. The summed E-state index contributed by atoms with van der Waals surface area (Å²) in [5, 5.41) is 0. The van der Waals surface area contributed by atoms with Crippen LogP contribution in [-0.2, 0) is 14.3 Å². The van der Waals surface area contributed by atoms with Crippen LogP contribution in [0.3, 0.4) is 0 Å². The Hall–Kier alpha value is -0.650. The van der Waals surface area contributed by atoms with Gasteiger partial charge in [-0.25, -0.2) is 0 Å². The van der Waals surface area contributed by atoms with E-state index in [0.29, 0.717) is 32.6 Å². The predicted octanol–water partition coefficient (Wildman–Crippen LogP) is 0.522. The van der Waals surface area contributed by atoms with Crippen LogP contribution in [0, 0.1) is 0 Å². The molecule has 2 aliphatic rings. The SMILES string of the molecule is CN(CC1CCCCO1)C(=O)C1(N)CCOCC1. The van der Waals surface area contributed by atoms with Crippen LogP contribution in [0.4, 0.5) is 0 Å². The Morgan fingerprint density at radius 3 is 2.67 bits per heavy atom. The van der Waals surface area contributed by atoms with E-state index in [2.05, 4.69) is 0 Å². The first-order valence-corrected chi connectivity index (χ1v) is 6.86. The van der Waals surface area contributed by atoms with E-state index in [0.717, 1.165) is 19.4 Å². The van der Waals surface area contributed by atoms with Gasteiger partial charge in [-0.15, -0.1) is 0 Å². The summed E-state index contributed by atoms with van der Waals surface area (Å²) in [6.07, 6.45) is 4.76. The highest BCUT2D eigenvalue weighted by atomic mass is 16.5. The van der Waals surface area contributed by atoms with Crippen LogP contribution in [0.5, 0.6) is 0 Å². The maximum absolute atomic E-state index is 12.4. The van der Waals surface area contributed by atoms with Crippen LogP contribution in [0.15, 0.2) is 0 Å². The fraction of sp³-hybridized carbons (Fsp3) is 0.923. The van der Waals surface area contributed by atoms with Crippen molar-refractivity contribution in [2.24, 2.45) is 5.73 Å². The van der Waals surface area contributed by atoms with Crippen molar-refractivity contribution in [3.05, 3.63) is 0 Å². The normalized spacial score (nSPS) is 27.8. The van der Waals surface area contributed by atoms with Crippen molar-refractivity contribution >= 4 is 5.91 Å². The van der Waals surface area contributed by atoms with E-state index in [4.69, 9.17) is 15.2 Å². The topological polar surface area (TPSA) is 64.8 Å². The molecule has 1 atom stereocenters. The summed E-state index contributed by atoms with van der Waals surface area (Å²) in [4.78, 5) is 14.1. The van der Waals surface area contributed by atoms with Gasteiger partial charge in [0, 0.05) is 33.4 Å². The molecule has 1 unspecified atom stereocenters. The zero-order valence-electron chi connectivity index (χ0n) is 11.2. The lowest BCUT2D eigenvalue weighted by atomic mass is 9.89. The average Bonchev–Trinajstić information content (AvgIpc) is 2.40. The molecule has 0 radical (unpaired) electrons.